The number of anilines is 1. The molecule has 0 aliphatic carbocycles. The molecule has 2 aliphatic rings. The van der Waals surface area contributed by atoms with Gasteiger partial charge in [-0.05, 0) is 32.0 Å². The number of fused-ring (bicyclic) bond motifs is 1. The van der Waals surface area contributed by atoms with Crippen molar-refractivity contribution in [3.63, 3.8) is 0 Å². The first-order valence-corrected chi connectivity index (χ1v) is 9.99. The van der Waals surface area contributed by atoms with Crippen LogP contribution in [0.25, 0.3) is 0 Å². The Morgan fingerprint density at radius 3 is 2.56 bits per heavy atom. The van der Waals surface area contributed by atoms with Crippen LogP contribution in [-0.2, 0) is 9.53 Å². The van der Waals surface area contributed by atoms with Gasteiger partial charge in [0.05, 0.1) is 18.3 Å². The predicted molar refractivity (Wildman–Crippen MR) is 107 cm³/mol. The molecule has 0 saturated carbocycles. The highest BCUT2D eigenvalue weighted by atomic mass is 19.4. The SMILES string of the molecule is Cc1cc(C(=O)N2C[C@@H]3[C@@H](CNc4ccccn4)CO[C@@H]3C2)c(C)o1.O=C(O)C(F)(F)F. The molecule has 32 heavy (non-hydrogen) atoms. The number of hydrogen-bond donors (Lipinski definition) is 2. The van der Waals surface area contributed by atoms with Crippen LogP contribution in [0.1, 0.15) is 21.9 Å². The van der Waals surface area contributed by atoms with E-state index in [4.69, 9.17) is 19.1 Å². The fourth-order valence-electron chi connectivity index (χ4n) is 3.89. The summed E-state index contributed by atoms with van der Waals surface area (Å²) in [5.41, 5.74) is 0.667. The number of carbonyl (C=O) groups is 2. The van der Waals surface area contributed by atoms with Crippen LogP contribution in [0.3, 0.4) is 0 Å². The third-order valence-corrected chi connectivity index (χ3v) is 5.45. The van der Waals surface area contributed by atoms with E-state index in [0.29, 0.717) is 29.7 Å². The van der Waals surface area contributed by atoms with Crippen LogP contribution in [0.4, 0.5) is 19.0 Å². The van der Waals surface area contributed by atoms with Crippen molar-refractivity contribution >= 4 is 17.7 Å². The van der Waals surface area contributed by atoms with E-state index < -0.39 is 12.1 Å². The molecule has 2 saturated heterocycles. The number of ether oxygens (including phenoxy) is 1. The second-order valence-electron chi connectivity index (χ2n) is 7.73. The standard InChI is InChI=1S/C19H23N3O3.C2HF3O2/c1-12-7-15(13(2)25-12)19(23)22-9-16-14(11-24-17(16)10-22)8-21-18-5-3-4-6-20-18;3-2(4,5)1(6)7/h3-7,14,16-17H,8-11H2,1-2H3,(H,20,21);(H,6,7)/t14-,16+,17+;/m0./s1. The van der Waals surface area contributed by atoms with Crippen molar-refractivity contribution in [1.82, 2.24) is 9.88 Å². The number of aliphatic carboxylic acids is 1. The Labute approximate surface area is 182 Å². The van der Waals surface area contributed by atoms with Gasteiger partial charge in [-0.3, -0.25) is 4.79 Å². The summed E-state index contributed by atoms with van der Waals surface area (Å²) in [6.07, 6.45) is -3.17. The highest BCUT2D eigenvalue weighted by Gasteiger charge is 2.45. The summed E-state index contributed by atoms with van der Waals surface area (Å²) in [4.78, 5) is 27.9. The zero-order valence-corrected chi connectivity index (χ0v) is 17.6. The van der Waals surface area contributed by atoms with Gasteiger partial charge in [0.1, 0.15) is 17.3 Å². The molecule has 8 nitrogen and oxygen atoms in total. The van der Waals surface area contributed by atoms with E-state index >= 15 is 0 Å². The van der Waals surface area contributed by atoms with Gasteiger partial charge >= 0.3 is 12.1 Å². The van der Waals surface area contributed by atoms with Gasteiger partial charge in [0.15, 0.2) is 0 Å². The summed E-state index contributed by atoms with van der Waals surface area (Å²) < 4.78 is 43.2. The molecular weight excluding hydrogens is 431 g/mol. The van der Waals surface area contributed by atoms with E-state index in [1.54, 1.807) is 6.20 Å². The Morgan fingerprint density at radius 2 is 2.00 bits per heavy atom. The average molecular weight is 455 g/mol. The number of aryl methyl sites for hydroxylation is 2. The number of nitrogens with zero attached hydrogens (tertiary/aromatic N) is 2. The highest BCUT2D eigenvalue weighted by Crippen LogP contribution is 2.34. The molecule has 0 spiro atoms. The Kier molecular flexibility index (Phi) is 7.07. The fourth-order valence-corrected chi connectivity index (χ4v) is 3.89. The van der Waals surface area contributed by atoms with Crippen LogP contribution in [0, 0.1) is 25.7 Å². The maximum atomic E-state index is 12.8. The maximum absolute atomic E-state index is 12.8. The van der Waals surface area contributed by atoms with Gasteiger partial charge in [-0.2, -0.15) is 13.2 Å². The summed E-state index contributed by atoms with van der Waals surface area (Å²) in [6, 6.07) is 7.66. The largest absolute Gasteiger partial charge is 0.490 e. The van der Waals surface area contributed by atoms with Crippen LogP contribution in [0.2, 0.25) is 0 Å². The number of halogens is 3. The highest BCUT2D eigenvalue weighted by molar-refractivity contribution is 5.95. The zero-order chi connectivity index (χ0) is 23.5. The number of hydrogen-bond acceptors (Lipinski definition) is 6. The lowest BCUT2D eigenvalue weighted by atomic mass is 9.93. The van der Waals surface area contributed by atoms with E-state index in [1.165, 1.54) is 0 Å². The van der Waals surface area contributed by atoms with Gasteiger partial charge in [-0.15, -0.1) is 0 Å². The molecular formula is C21H24F3N3O5. The minimum absolute atomic E-state index is 0.0452. The van der Waals surface area contributed by atoms with E-state index in [2.05, 4.69) is 10.3 Å². The molecule has 2 N–H and O–H groups in total. The summed E-state index contributed by atoms with van der Waals surface area (Å²) in [7, 11) is 0. The van der Waals surface area contributed by atoms with Gasteiger partial charge in [-0.1, -0.05) is 6.07 Å². The maximum Gasteiger partial charge on any atom is 0.490 e. The van der Waals surface area contributed by atoms with Crippen molar-refractivity contribution in [2.24, 2.45) is 11.8 Å². The molecule has 0 unspecified atom stereocenters. The number of nitrogens with one attached hydrogen (secondary N) is 1. The zero-order valence-electron chi connectivity index (χ0n) is 17.6. The number of likely N-dealkylation sites (tertiary alicyclic amines) is 1. The molecule has 174 valence electrons. The van der Waals surface area contributed by atoms with E-state index in [9.17, 15) is 18.0 Å². The van der Waals surface area contributed by atoms with Crippen LogP contribution >= 0.6 is 0 Å². The molecule has 0 aromatic carbocycles. The molecule has 2 aromatic rings. The van der Waals surface area contributed by atoms with E-state index in [0.717, 1.165) is 31.3 Å². The van der Waals surface area contributed by atoms with Crippen molar-refractivity contribution in [2.45, 2.75) is 26.1 Å². The number of carboxylic acid groups (broad SMARTS) is 1. The lowest BCUT2D eigenvalue weighted by molar-refractivity contribution is -0.192. The Bertz CT molecular complexity index is 948. The van der Waals surface area contributed by atoms with E-state index in [-0.39, 0.29) is 12.0 Å². The number of alkyl halides is 3. The third kappa shape index (κ3) is 5.58. The Balaban J connectivity index is 0.000000360. The number of furan rings is 1. The normalized spacial score (nSPS) is 22.2. The third-order valence-electron chi connectivity index (χ3n) is 5.45. The summed E-state index contributed by atoms with van der Waals surface area (Å²) in [6.45, 7) is 6.65. The van der Waals surface area contributed by atoms with E-state index in [1.807, 2.05) is 43.0 Å². The summed E-state index contributed by atoms with van der Waals surface area (Å²) in [5, 5.41) is 10.5. The average Bonchev–Trinajstić information content (AvgIpc) is 3.40. The first kappa shape index (κ1) is 23.6. The topological polar surface area (TPSA) is 105 Å². The molecule has 0 bridgehead atoms. The predicted octanol–water partition coefficient (Wildman–Crippen LogP) is 3.12. The molecule has 4 rings (SSSR count). The second-order valence-corrected chi connectivity index (χ2v) is 7.73. The van der Waals surface area contributed by atoms with Gasteiger partial charge < -0.3 is 24.5 Å². The molecule has 2 aromatic heterocycles. The fraction of sp³-hybridized carbons (Fsp3) is 0.476. The lowest BCUT2D eigenvalue weighted by Gasteiger charge is -2.20. The quantitative estimate of drug-likeness (QED) is 0.730. The van der Waals surface area contributed by atoms with Gasteiger partial charge in [0.2, 0.25) is 0 Å². The van der Waals surface area contributed by atoms with Crippen LogP contribution in [-0.4, -0.2) is 65.4 Å². The summed E-state index contributed by atoms with van der Waals surface area (Å²) >= 11 is 0. The smallest absolute Gasteiger partial charge is 0.475 e. The second kappa shape index (κ2) is 9.60. The lowest BCUT2D eigenvalue weighted by Crippen LogP contribution is -2.32. The van der Waals surface area contributed by atoms with Crippen LogP contribution < -0.4 is 5.32 Å². The van der Waals surface area contributed by atoms with Crippen LogP contribution in [0.5, 0.6) is 0 Å². The van der Waals surface area contributed by atoms with Gasteiger partial charge in [0, 0.05) is 37.7 Å². The van der Waals surface area contributed by atoms with Gasteiger partial charge in [-0.25, -0.2) is 9.78 Å². The number of aromatic nitrogens is 1. The Hall–Kier alpha value is -3.08. The first-order chi connectivity index (χ1) is 15.1. The summed E-state index contributed by atoms with van der Waals surface area (Å²) in [5.74, 6) is 0.380. The molecule has 11 heteroatoms. The van der Waals surface area contributed by atoms with Crippen molar-refractivity contribution in [1.29, 1.82) is 0 Å². The minimum Gasteiger partial charge on any atom is -0.475 e. The number of carboxylic acids is 1. The van der Waals surface area contributed by atoms with Crippen molar-refractivity contribution < 1.29 is 37.0 Å². The first-order valence-electron chi connectivity index (χ1n) is 9.99. The van der Waals surface area contributed by atoms with Crippen molar-refractivity contribution in [3.8, 4) is 0 Å². The monoisotopic (exact) mass is 455 g/mol. The molecule has 2 aliphatic heterocycles. The number of rotatable bonds is 4. The van der Waals surface area contributed by atoms with Gasteiger partial charge in [0.25, 0.3) is 5.91 Å². The van der Waals surface area contributed by atoms with Crippen molar-refractivity contribution in [3.05, 3.63) is 47.5 Å². The number of amides is 1. The molecule has 3 atom stereocenters. The molecule has 0 radical (unpaired) electrons. The molecule has 2 fully saturated rings. The Morgan fingerprint density at radius 1 is 1.28 bits per heavy atom. The number of pyridine rings is 1. The van der Waals surface area contributed by atoms with Crippen molar-refractivity contribution in [2.75, 3.05) is 31.6 Å². The van der Waals surface area contributed by atoms with Crippen LogP contribution in [0.15, 0.2) is 34.9 Å². The molecule has 4 heterocycles. The number of carbonyl (C=O) groups excluding carboxylic acids is 1. The molecule has 1 amide bonds. The minimum atomic E-state index is -5.08.